The molecule has 6 nitrogen and oxygen atoms in total. The van der Waals surface area contributed by atoms with Crippen molar-refractivity contribution >= 4 is 55.9 Å². The Labute approximate surface area is 179 Å². The van der Waals surface area contributed by atoms with Crippen LogP contribution in [0, 0.1) is 4.64 Å². The molecule has 29 heavy (non-hydrogen) atoms. The molecule has 0 aliphatic heterocycles. The van der Waals surface area contributed by atoms with Crippen molar-refractivity contribution in [2.75, 3.05) is 18.7 Å². The molecule has 0 aliphatic carbocycles. The van der Waals surface area contributed by atoms with E-state index in [-0.39, 0.29) is 12.4 Å². The molecule has 0 N–H and O–H groups in total. The summed E-state index contributed by atoms with van der Waals surface area (Å²) in [5.74, 6) is -1.39. The number of hydrogen-bond donors (Lipinski definition) is 0. The van der Waals surface area contributed by atoms with Crippen molar-refractivity contribution < 1.29 is 13.2 Å². The van der Waals surface area contributed by atoms with Crippen molar-refractivity contribution in [1.82, 2.24) is 14.5 Å². The Bertz CT molecular complexity index is 1220. The van der Waals surface area contributed by atoms with E-state index in [1.54, 1.807) is 7.05 Å². The van der Waals surface area contributed by atoms with Crippen molar-refractivity contribution in [3.05, 3.63) is 71.1 Å². The Balaban J connectivity index is 1.67. The van der Waals surface area contributed by atoms with E-state index in [9.17, 15) is 13.2 Å². The minimum atomic E-state index is -3.69. The lowest BCUT2D eigenvalue weighted by atomic mass is 10.2. The van der Waals surface area contributed by atoms with Crippen LogP contribution in [0.1, 0.15) is 5.56 Å². The highest BCUT2D eigenvalue weighted by atomic mass is 32.2. The van der Waals surface area contributed by atoms with Crippen molar-refractivity contribution in [2.24, 2.45) is 0 Å². The molecule has 0 spiro atoms. The fourth-order valence-corrected chi connectivity index (χ4v) is 4.86. The lowest BCUT2D eigenvalue weighted by Gasteiger charge is -2.20. The summed E-state index contributed by atoms with van der Waals surface area (Å²) in [6.45, 7) is -0.150. The molecule has 150 valence electrons. The van der Waals surface area contributed by atoms with E-state index < -0.39 is 21.4 Å². The quantitative estimate of drug-likeness (QED) is 0.518. The summed E-state index contributed by atoms with van der Waals surface area (Å²) in [5.41, 5.74) is 1.48. The Kier molecular flexibility index (Phi) is 6.51. The zero-order chi connectivity index (χ0) is 21.0. The molecule has 0 atom stereocenters. The number of nitrogens with zero attached hydrogens (tertiary/aromatic N) is 3. The van der Waals surface area contributed by atoms with E-state index in [0.29, 0.717) is 9.63 Å². The summed E-state index contributed by atoms with van der Waals surface area (Å²) < 4.78 is 26.9. The lowest BCUT2D eigenvalue weighted by Crippen LogP contribution is -2.34. The first kappa shape index (κ1) is 21.2. The molecule has 0 aliphatic rings. The van der Waals surface area contributed by atoms with Crippen LogP contribution in [-0.4, -0.2) is 52.3 Å². The van der Waals surface area contributed by atoms with Gasteiger partial charge in [0.15, 0.2) is 15.6 Å². The number of thiocarbonyl (C=S) groups is 1. The lowest BCUT2D eigenvalue weighted by molar-refractivity contribution is -0.117. The maximum absolute atomic E-state index is 12.5. The SMILES string of the molecule is CN(CS(=O)(=O)CC(=O)Cn1cnc2ccccc2c1=S)C(=S)c1ccccc1. The van der Waals surface area contributed by atoms with E-state index in [0.717, 1.165) is 16.5 Å². The number of hydrogen-bond acceptors (Lipinski definition) is 6. The van der Waals surface area contributed by atoms with Crippen LogP contribution in [0.15, 0.2) is 60.9 Å². The molecule has 9 heteroatoms. The molecule has 3 aromatic rings. The van der Waals surface area contributed by atoms with E-state index in [4.69, 9.17) is 24.4 Å². The molecule has 0 saturated heterocycles. The van der Waals surface area contributed by atoms with Gasteiger partial charge in [0.25, 0.3) is 0 Å². The van der Waals surface area contributed by atoms with E-state index in [2.05, 4.69) is 4.98 Å². The van der Waals surface area contributed by atoms with Gasteiger partial charge in [-0.1, -0.05) is 66.9 Å². The molecule has 0 fully saturated rings. The van der Waals surface area contributed by atoms with Crippen molar-refractivity contribution in [1.29, 1.82) is 0 Å². The number of para-hydroxylation sites is 1. The molecule has 0 radical (unpaired) electrons. The number of Topliss-reactive ketones (excluding diaryl/α,β-unsaturated/α-hetero) is 1. The maximum atomic E-state index is 12.5. The highest BCUT2D eigenvalue weighted by molar-refractivity contribution is 7.92. The highest BCUT2D eigenvalue weighted by Gasteiger charge is 2.21. The summed E-state index contributed by atoms with van der Waals surface area (Å²) in [6, 6.07) is 16.5. The summed E-state index contributed by atoms with van der Waals surface area (Å²) in [7, 11) is -2.09. The minimum absolute atomic E-state index is 0.150. The summed E-state index contributed by atoms with van der Waals surface area (Å²) in [4.78, 5) is 18.5. The van der Waals surface area contributed by atoms with Crippen LogP contribution in [-0.2, 0) is 21.2 Å². The van der Waals surface area contributed by atoms with E-state index in [1.807, 2.05) is 54.6 Å². The van der Waals surface area contributed by atoms with Crippen molar-refractivity contribution in [3.63, 3.8) is 0 Å². The second kappa shape index (κ2) is 8.89. The van der Waals surface area contributed by atoms with Gasteiger partial charge in [-0.3, -0.25) is 4.79 Å². The van der Waals surface area contributed by atoms with Gasteiger partial charge in [0, 0.05) is 18.0 Å². The molecule has 1 aromatic heterocycles. The van der Waals surface area contributed by atoms with Crippen LogP contribution in [0.4, 0.5) is 0 Å². The fraction of sp³-hybridized carbons (Fsp3) is 0.200. The number of benzene rings is 2. The third-order valence-corrected chi connectivity index (χ3v) is 6.76. The summed E-state index contributed by atoms with van der Waals surface area (Å²) >= 11 is 10.7. The Morgan fingerprint density at radius 2 is 1.76 bits per heavy atom. The molecule has 0 unspecified atom stereocenters. The number of fused-ring (bicyclic) bond motifs is 1. The average Bonchev–Trinajstić information content (AvgIpc) is 2.69. The minimum Gasteiger partial charge on any atom is -0.351 e. The predicted octanol–water partition coefficient (Wildman–Crippen LogP) is 3.01. The monoisotopic (exact) mass is 445 g/mol. The topological polar surface area (TPSA) is 72.3 Å². The molecule has 0 amide bonds. The van der Waals surface area contributed by atoms with Crippen molar-refractivity contribution in [3.8, 4) is 0 Å². The van der Waals surface area contributed by atoms with Crippen LogP contribution >= 0.6 is 24.4 Å². The largest absolute Gasteiger partial charge is 0.351 e. The van der Waals surface area contributed by atoms with Gasteiger partial charge in [-0.25, -0.2) is 13.4 Å². The molecule has 3 rings (SSSR count). The molecule has 1 heterocycles. The van der Waals surface area contributed by atoms with Gasteiger partial charge < -0.3 is 9.47 Å². The summed E-state index contributed by atoms with van der Waals surface area (Å²) in [6.07, 6.45) is 1.46. The summed E-state index contributed by atoms with van der Waals surface area (Å²) in [5, 5.41) is 0.744. The first-order chi connectivity index (χ1) is 13.8. The maximum Gasteiger partial charge on any atom is 0.175 e. The standard InChI is InChI=1S/C20H19N3O3S3/c1-22(19(27)15-7-3-2-4-8-15)14-29(25,26)12-16(24)11-23-13-21-18-10-6-5-9-17(18)20(23)28/h2-10,13H,11-12,14H2,1H3. The predicted molar refractivity (Wildman–Crippen MR) is 120 cm³/mol. The first-order valence-corrected chi connectivity index (χ1v) is 11.4. The molecular weight excluding hydrogens is 426 g/mol. The van der Waals surface area contributed by atoms with Gasteiger partial charge in [0.2, 0.25) is 0 Å². The average molecular weight is 446 g/mol. The highest BCUT2D eigenvalue weighted by Crippen LogP contribution is 2.13. The fourth-order valence-electron chi connectivity index (χ4n) is 2.90. The van der Waals surface area contributed by atoms with Gasteiger partial charge in [-0.2, -0.15) is 0 Å². The third kappa shape index (κ3) is 5.31. The second-order valence-electron chi connectivity index (χ2n) is 6.62. The van der Waals surface area contributed by atoms with Gasteiger partial charge in [-0.05, 0) is 12.1 Å². The second-order valence-corrected chi connectivity index (χ2v) is 9.43. The number of sulfone groups is 1. The normalized spacial score (nSPS) is 11.3. The van der Waals surface area contributed by atoms with Crippen LogP contribution < -0.4 is 0 Å². The Morgan fingerprint density at radius 3 is 2.48 bits per heavy atom. The molecular formula is C20H19N3O3S3. The Hall–Kier alpha value is -2.49. The number of aromatic nitrogens is 2. The molecule has 0 saturated carbocycles. The number of carbonyl (C=O) groups excluding carboxylic acids is 1. The number of carbonyl (C=O) groups is 1. The Morgan fingerprint density at radius 1 is 1.10 bits per heavy atom. The van der Waals surface area contributed by atoms with E-state index in [1.165, 1.54) is 15.8 Å². The third-order valence-electron chi connectivity index (χ3n) is 4.22. The molecule has 0 bridgehead atoms. The van der Waals surface area contributed by atoms with Crippen LogP contribution in [0.5, 0.6) is 0 Å². The van der Waals surface area contributed by atoms with Crippen LogP contribution in [0.2, 0.25) is 0 Å². The number of rotatable bonds is 7. The zero-order valence-corrected chi connectivity index (χ0v) is 18.1. The van der Waals surface area contributed by atoms with Crippen molar-refractivity contribution in [2.45, 2.75) is 6.54 Å². The molecule has 2 aromatic carbocycles. The van der Waals surface area contributed by atoms with Crippen LogP contribution in [0.3, 0.4) is 0 Å². The van der Waals surface area contributed by atoms with Gasteiger partial charge in [0.1, 0.15) is 21.3 Å². The van der Waals surface area contributed by atoms with Crippen LogP contribution in [0.25, 0.3) is 10.9 Å². The number of ketones is 1. The van der Waals surface area contributed by atoms with E-state index >= 15 is 0 Å². The zero-order valence-electron chi connectivity index (χ0n) is 15.7. The first-order valence-electron chi connectivity index (χ1n) is 8.74. The van der Waals surface area contributed by atoms with Gasteiger partial charge in [0.05, 0.1) is 18.4 Å². The van der Waals surface area contributed by atoms with Gasteiger partial charge >= 0.3 is 0 Å². The smallest absolute Gasteiger partial charge is 0.175 e. The van der Waals surface area contributed by atoms with Gasteiger partial charge in [-0.15, -0.1) is 0 Å².